The van der Waals surface area contributed by atoms with Gasteiger partial charge in [-0.1, -0.05) is 13.0 Å². The van der Waals surface area contributed by atoms with Crippen molar-refractivity contribution in [1.82, 2.24) is 4.72 Å². The second-order valence-corrected chi connectivity index (χ2v) is 7.71. The molecule has 2 aromatic carbocycles. The Bertz CT molecular complexity index is 906. The van der Waals surface area contributed by atoms with Crippen molar-refractivity contribution in [2.24, 2.45) is 0 Å². The lowest BCUT2D eigenvalue weighted by molar-refractivity contribution is 0.102. The average Bonchev–Trinajstić information content (AvgIpc) is 2.66. The van der Waals surface area contributed by atoms with Gasteiger partial charge in [-0.3, -0.25) is 4.79 Å². The van der Waals surface area contributed by atoms with E-state index in [9.17, 15) is 13.2 Å². The van der Waals surface area contributed by atoms with Crippen molar-refractivity contribution in [3.8, 4) is 5.75 Å². The highest BCUT2D eigenvalue weighted by Gasteiger charge is 2.14. The number of benzene rings is 2. The predicted octanol–water partition coefficient (Wildman–Crippen LogP) is 3.50. The fourth-order valence-electron chi connectivity index (χ4n) is 2.32. The van der Waals surface area contributed by atoms with Gasteiger partial charge in [0.15, 0.2) is 0 Å². The predicted molar refractivity (Wildman–Crippen MR) is 107 cm³/mol. The molecule has 0 heterocycles. The van der Waals surface area contributed by atoms with Crippen LogP contribution in [0.5, 0.6) is 5.75 Å². The number of nitrogens with one attached hydrogen (secondary N) is 2. The summed E-state index contributed by atoms with van der Waals surface area (Å²) in [7, 11) is -3.61. The van der Waals surface area contributed by atoms with Crippen molar-refractivity contribution in [1.29, 1.82) is 0 Å². The third-order valence-electron chi connectivity index (χ3n) is 3.76. The minimum atomic E-state index is -3.61. The van der Waals surface area contributed by atoms with E-state index < -0.39 is 10.0 Å². The third kappa shape index (κ3) is 5.67. The SMILES string of the molecule is C=CCNS(=O)(=O)c1ccc(C(=O)Nc2ccc(OCCC)cc2C)cc1. The van der Waals surface area contributed by atoms with Gasteiger partial charge < -0.3 is 10.1 Å². The molecule has 6 nitrogen and oxygen atoms in total. The number of hydrogen-bond donors (Lipinski definition) is 2. The van der Waals surface area contributed by atoms with Crippen LogP contribution in [0.2, 0.25) is 0 Å². The highest BCUT2D eigenvalue weighted by molar-refractivity contribution is 7.89. The molecular formula is C20H24N2O4S. The van der Waals surface area contributed by atoms with Crippen LogP contribution in [0, 0.1) is 6.92 Å². The number of ether oxygens (including phenoxy) is 1. The number of aryl methyl sites for hydroxylation is 1. The van der Waals surface area contributed by atoms with Crippen molar-refractivity contribution in [2.75, 3.05) is 18.5 Å². The van der Waals surface area contributed by atoms with Crippen LogP contribution >= 0.6 is 0 Å². The molecule has 0 aliphatic rings. The topological polar surface area (TPSA) is 84.5 Å². The first-order valence-corrected chi connectivity index (χ1v) is 10.1. The van der Waals surface area contributed by atoms with Gasteiger partial charge in [0.25, 0.3) is 5.91 Å². The summed E-state index contributed by atoms with van der Waals surface area (Å²) in [4.78, 5) is 12.5. The van der Waals surface area contributed by atoms with Gasteiger partial charge in [-0.2, -0.15) is 0 Å². The Morgan fingerprint density at radius 3 is 2.48 bits per heavy atom. The van der Waals surface area contributed by atoms with Gasteiger partial charge in [0.2, 0.25) is 10.0 Å². The molecule has 0 aliphatic heterocycles. The van der Waals surface area contributed by atoms with Crippen LogP contribution in [0.15, 0.2) is 60.0 Å². The first-order valence-electron chi connectivity index (χ1n) is 8.63. The first-order chi connectivity index (χ1) is 12.9. The Kier molecular flexibility index (Phi) is 7.15. The zero-order chi connectivity index (χ0) is 19.9. The minimum Gasteiger partial charge on any atom is -0.494 e. The average molecular weight is 388 g/mol. The highest BCUT2D eigenvalue weighted by atomic mass is 32.2. The zero-order valence-electron chi connectivity index (χ0n) is 15.5. The quantitative estimate of drug-likeness (QED) is 0.644. The number of carbonyl (C=O) groups is 1. The molecular weight excluding hydrogens is 364 g/mol. The lowest BCUT2D eigenvalue weighted by atomic mass is 10.1. The van der Waals surface area contributed by atoms with Crippen LogP contribution in [-0.4, -0.2) is 27.5 Å². The maximum absolute atomic E-state index is 12.4. The van der Waals surface area contributed by atoms with Crippen LogP contribution in [-0.2, 0) is 10.0 Å². The number of hydrogen-bond acceptors (Lipinski definition) is 4. The van der Waals surface area contributed by atoms with Gasteiger partial charge in [-0.15, -0.1) is 6.58 Å². The van der Waals surface area contributed by atoms with E-state index in [2.05, 4.69) is 16.6 Å². The number of rotatable bonds is 9. The minimum absolute atomic E-state index is 0.0921. The Morgan fingerprint density at radius 2 is 1.89 bits per heavy atom. The van der Waals surface area contributed by atoms with Crippen molar-refractivity contribution < 1.29 is 17.9 Å². The molecule has 0 atom stereocenters. The third-order valence-corrected chi connectivity index (χ3v) is 5.20. The summed E-state index contributed by atoms with van der Waals surface area (Å²) in [6.07, 6.45) is 2.38. The summed E-state index contributed by atoms with van der Waals surface area (Å²) in [5.41, 5.74) is 1.92. The number of amides is 1. The second kappa shape index (κ2) is 9.34. The number of carbonyl (C=O) groups excluding carboxylic acids is 1. The van der Waals surface area contributed by atoms with Gasteiger partial charge >= 0.3 is 0 Å². The van der Waals surface area contributed by atoms with Crippen LogP contribution < -0.4 is 14.8 Å². The van der Waals surface area contributed by atoms with E-state index in [1.165, 1.54) is 30.3 Å². The molecule has 0 bridgehead atoms. The summed E-state index contributed by atoms with van der Waals surface area (Å²) in [5, 5.41) is 2.83. The molecule has 2 rings (SSSR count). The maximum Gasteiger partial charge on any atom is 0.255 e. The highest BCUT2D eigenvalue weighted by Crippen LogP contribution is 2.22. The van der Waals surface area contributed by atoms with Crippen LogP contribution in [0.1, 0.15) is 29.3 Å². The molecule has 0 aromatic heterocycles. The summed E-state index contributed by atoms with van der Waals surface area (Å²) in [6, 6.07) is 11.2. The molecule has 0 unspecified atom stereocenters. The van der Waals surface area contributed by atoms with Crippen LogP contribution in [0.25, 0.3) is 0 Å². The van der Waals surface area contributed by atoms with Gasteiger partial charge in [-0.05, 0) is 61.4 Å². The maximum atomic E-state index is 12.4. The van der Waals surface area contributed by atoms with E-state index in [-0.39, 0.29) is 17.3 Å². The Hall–Kier alpha value is -2.64. The van der Waals surface area contributed by atoms with Crippen molar-refractivity contribution >= 4 is 21.6 Å². The molecule has 0 saturated carbocycles. The summed E-state index contributed by atoms with van der Waals surface area (Å²) in [6.45, 7) is 8.18. The molecule has 0 aliphatic carbocycles. The molecule has 2 aromatic rings. The standard InChI is InChI=1S/C20H24N2O4S/c1-4-12-21-27(24,25)18-9-6-16(7-10-18)20(23)22-19-11-8-17(14-15(19)3)26-13-5-2/h4,6-11,14,21H,1,5,12-13H2,2-3H3,(H,22,23). The van der Waals surface area contributed by atoms with E-state index in [1.807, 2.05) is 19.9 Å². The molecule has 2 N–H and O–H groups in total. The smallest absolute Gasteiger partial charge is 0.255 e. The van der Waals surface area contributed by atoms with Crippen molar-refractivity contribution in [3.63, 3.8) is 0 Å². The molecule has 7 heteroatoms. The molecule has 27 heavy (non-hydrogen) atoms. The summed E-state index contributed by atoms with van der Waals surface area (Å²) < 4.78 is 32.0. The van der Waals surface area contributed by atoms with E-state index in [1.54, 1.807) is 12.1 Å². The fourth-order valence-corrected chi connectivity index (χ4v) is 3.32. The summed E-state index contributed by atoms with van der Waals surface area (Å²) in [5.74, 6) is 0.442. The van der Waals surface area contributed by atoms with E-state index in [0.717, 1.165) is 17.7 Å². The van der Waals surface area contributed by atoms with E-state index >= 15 is 0 Å². The number of sulfonamides is 1. The Labute approximate surface area is 160 Å². The summed E-state index contributed by atoms with van der Waals surface area (Å²) >= 11 is 0. The van der Waals surface area contributed by atoms with Crippen LogP contribution in [0.3, 0.4) is 0 Å². The van der Waals surface area contributed by atoms with Crippen molar-refractivity contribution in [3.05, 3.63) is 66.2 Å². The first kappa shape index (κ1) is 20.7. The largest absolute Gasteiger partial charge is 0.494 e. The Balaban J connectivity index is 2.09. The van der Waals surface area contributed by atoms with E-state index in [0.29, 0.717) is 17.9 Å². The van der Waals surface area contributed by atoms with Gasteiger partial charge in [0.1, 0.15) is 5.75 Å². The lowest BCUT2D eigenvalue weighted by Gasteiger charge is -2.11. The van der Waals surface area contributed by atoms with Gasteiger partial charge in [0.05, 0.1) is 11.5 Å². The zero-order valence-corrected chi connectivity index (χ0v) is 16.3. The normalized spacial score (nSPS) is 11.0. The Morgan fingerprint density at radius 1 is 1.19 bits per heavy atom. The molecule has 0 saturated heterocycles. The molecule has 144 valence electrons. The van der Waals surface area contributed by atoms with Gasteiger partial charge in [0, 0.05) is 17.8 Å². The molecule has 0 spiro atoms. The number of anilines is 1. The molecule has 1 amide bonds. The molecule has 0 fully saturated rings. The van der Waals surface area contributed by atoms with Gasteiger partial charge in [-0.25, -0.2) is 13.1 Å². The fraction of sp³-hybridized carbons (Fsp3) is 0.250. The molecule has 0 radical (unpaired) electrons. The lowest BCUT2D eigenvalue weighted by Crippen LogP contribution is -2.23. The van der Waals surface area contributed by atoms with Crippen molar-refractivity contribution in [2.45, 2.75) is 25.2 Å². The second-order valence-electron chi connectivity index (χ2n) is 5.94. The van der Waals surface area contributed by atoms with E-state index in [4.69, 9.17) is 4.74 Å². The monoisotopic (exact) mass is 388 g/mol. The van der Waals surface area contributed by atoms with Crippen LogP contribution in [0.4, 0.5) is 5.69 Å².